The molecule has 2 atom stereocenters. The highest BCUT2D eigenvalue weighted by Crippen LogP contribution is 2.47. The average Bonchev–Trinajstić information content (AvgIpc) is 2.97. The predicted octanol–water partition coefficient (Wildman–Crippen LogP) is 6.43. The third kappa shape index (κ3) is 13.5. The van der Waals surface area contributed by atoms with Crippen LogP contribution in [0.5, 0.6) is 11.5 Å². The van der Waals surface area contributed by atoms with Crippen molar-refractivity contribution in [3.63, 3.8) is 0 Å². The number of aliphatic hydroxyl groups excluding tert-OH is 2. The normalized spacial score (nSPS) is 14.6. The molecule has 3 N–H and O–H groups in total. The van der Waals surface area contributed by atoms with Gasteiger partial charge in [-0.3, -0.25) is 0 Å². The monoisotopic (exact) mass is 716 g/mol. The smallest absolute Gasteiger partial charge is 0.453 e. The van der Waals surface area contributed by atoms with Gasteiger partial charge in [0.25, 0.3) is 0 Å². The van der Waals surface area contributed by atoms with E-state index in [1.807, 2.05) is 6.92 Å². The summed E-state index contributed by atoms with van der Waals surface area (Å²) in [6.45, 7) is -5.21. The van der Waals surface area contributed by atoms with Gasteiger partial charge in [-0.1, -0.05) is 37.6 Å². The molecule has 0 radical (unpaired) electrons. The molecule has 0 bridgehead atoms. The summed E-state index contributed by atoms with van der Waals surface area (Å²) in [6, 6.07) is 10.5. The number of halogens is 10. The van der Waals surface area contributed by atoms with Gasteiger partial charge in [0.05, 0.1) is 19.8 Å². The summed E-state index contributed by atoms with van der Waals surface area (Å²) < 4.78 is 163. The molecular weight excluding hydrogens is 682 g/mol. The fraction of sp³-hybridized carbons (Fsp3) is 0.586. The number of hydrogen-bond acceptors (Lipinski definition) is 9. The maximum Gasteiger partial charge on any atom is 0.453 e. The Labute approximate surface area is 267 Å². The highest BCUT2D eigenvalue weighted by Gasteiger charge is 2.72. The van der Waals surface area contributed by atoms with Crippen molar-refractivity contribution in [2.45, 2.75) is 82.2 Å². The van der Waals surface area contributed by atoms with Gasteiger partial charge in [0.2, 0.25) is 0 Å². The lowest BCUT2D eigenvalue weighted by Crippen LogP contribution is -2.57. The molecular formula is C29H34F10O9. The van der Waals surface area contributed by atoms with Gasteiger partial charge in [0.15, 0.2) is 6.29 Å². The van der Waals surface area contributed by atoms with Gasteiger partial charge >= 0.3 is 30.4 Å². The number of benzene rings is 2. The van der Waals surface area contributed by atoms with Crippen molar-refractivity contribution >= 4 is 0 Å². The molecule has 274 valence electrons. The highest BCUT2D eigenvalue weighted by atomic mass is 19.3. The van der Waals surface area contributed by atoms with Crippen LogP contribution in [0.3, 0.4) is 0 Å². The van der Waals surface area contributed by atoms with Crippen molar-refractivity contribution in [1.29, 1.82) is 0 Å². The summed E-state index contributed by atoms with van der Waals surface area (Å²) in [5, 5.41) is 28.6. The lowest BCUT2D eigenvalue weighted by atomic mass is 10.1. The van der Waals surface area contributed by atoms with Crippen molar-refractivity contribution in [2.24, 2.45) is 0 Å². The van der Waals surface area contributed by atoms with Crippen LogP contribution in [0.1, 0.15) is 37.3 Å². The van der Waals surface area contributed by atoms with E-state index in [1.165, 1.54) is 48.5 Å². The van der Waals surface area contributed by atoms with Crippen LogP contribution >= 0.6 is 0 Å². The number of rotatable bonds is 23. The third-order valence-electron chi connectivity index (χ3n) is 5.95. The number of unbranched alkanes of at least 4 members (excludes halogenated alkanes) is 1. The fourth-order valence-electron chi connectivity index (χ4n) is 3.51. The molecule has 2 aromatic carbocycles. The maximum absolute atomic E-state index is 14.1. The van der Waals surface area contributed by atoms with E-state index in [2.05, 4.69) is 18.9 Å². The number of aliphatic hydroxyl groups is 2. The van der Waals surface area contributed by atoms with E-state index in [-0.39, 0.29) is 23.7 Å². The van der Waals surface area contributed by atoms with Gasteiger partial charge in [-0.15, -0.1) is 0 Å². The molecule has 0 heterocycles. The molecule has 2 aromatic rings. The van der Waals surface area contributed by atoms with E-state index in [1.54, 1.807) is 0 Å². The van der Waals surface area contributed by atoms with Crippen LogP contribution in [0.15, 0.2) is 48.5 Å². The summed E-state index contributed by atoms with van der Waals surface area (Å²) in [4.78, 5) is 0. The lowest BCUT2D eigenvalue weighted by molar-refractivity contribution is -0.530. The van der Waals surface area contributed by atoms with Crippen LogP contribution in [0, 0.1) is 0 Å². The van der Waals surface area contributed by atoms with E-state index in [4.69, 9.17) is 14.6 Å². The SMILES string of the molecule is CCCCC(O)OCc1cccc(COCC(F)(F)C(F)(F)OC(F)(F)C(F)(F)OC(F)(F)COCC(O)COc2ccc(O)cc2)c1. The molecule has 9 nitrogen and oxygen atoms in total. The molecule has 0 saturated heterocycles. The fourth-order valence-corrected chi connectivity index (χ4v) is 3.51. The first-order chi connectivity index (χ1) is 22.2. The molecule has 0 aliphatic heterocycles. The largest absolute Gasteiger partial charge is 0.508 e. The Balaban J connectivity index is 1.87. The summed E-state index contributed by atoms with van der Waals surface area (Å²) in [5.74, 6) is -5.69. The van der Waals surface area contributed by atoms with Crippen LogP contribution in [0.2, 0.25) is 0 Å². The van der Waals surface area contributed by atoms with Crippen molar-refractivity contribution in [3.8, 4) is 11.5 Å². The summed E-state index contributed by atoms with van der Waals surface area (Å²) in [5.41, 5.74) is 0.540. The second-order valence-electron chi connectivity index (χ2n) is 10.3. The molecule has 0 aliphatic rings. The average molecular weight is 717 g/mol. The van der Waals surface area contributed by atoms with Gasteiger partial charge in [-0.05, 0) is 48.2 Å². The van der Waals surface area contributed by atoms with Crippen LogP contribution in [0.4, 0.5) is 43.9 Å². The molecule has 2 rings (SSSR count). The zero-order chi connectivity index (χ0) is 36.2. The minimum Gasteiger partial charge on any atom is -0.508 e. The Morgan fingerprint density at radius 1 is 0.708 bits per heavy atom. The Morgan fingerprint density at radius 3 is 1.94 bits per heavy atom. The quantitative estimate of drug-likeness (QED) is 0.0885. The number of phenols is 1. The van der Waals surface area contributed by atoms with Gasteiger partial charge in [-0.2, -0.15) is 43.9 Å². The number of phenolic OH excluding ortho intramolecular Hbond substituents is 1. The Hall–Kier alpha value is -2.94. The van der Waals surface area contributed by atoms with E-state index < -0.39 is 75.8 Å². The van der Waals surface area contributed by atoms with Crippen molar-refractivity contribution in [3.05, 3.63) is 59.7 Å². The molecule has 0 saturated carbocycles. The first kappa shape index (κ1) is 41.2. The van der Waals surface area contributed by atoms with Gasteiger partial charge in [0.1, 0.15) is 37.4 Å². The highest BCUT2D eigenvalue weighted by molar-refractivity contribution is 5.30. The molecule has 19 heteroatoms. The molecule has 0 aliphatic carbocycles. The standard InChI is InChI=1S/C29H34F10O9/c1-2-3-7-24(42)46-14-20-6-4-5-19(12-20)13-43-17-25(30,31)27(34,35)48-29(38,39)28(36,37)47-26(32,33)18-44-15-22(41)16-45-23-10-8-21(40)9-11-23/h4-6,8-12,22,24,40-42H,2-3,7,13-18H2,1H3. The van der Waals surface area contributed by atoms with Gasteiger partial charge < -0.3 is 34.3 Å². The minimum absolute atomic E-state index is 0.114. The Kier molecular flexibility index (Phi) is 15.1. The van der Waals surface area contributed by atoms with Crippen LogP contribution in [-0.2, 0) is 36.9 Å². The van der Waals surface area contributed by atoms with E-state index in [0.717, 1.165) is 6.42 Å². The maximum atomic E-state index is 14.1. The van der Waals surface area contributed by atoms with E-state index in [0.29, 0.717) is 18.4 Å². The van der Waals surface area contributed by atoms with Crippen molar-refractivity contribution in [2.75, 3.05) is 26.4 Å². The van der Waals surface area contributed by atoms with E-state index >= 15 is 0 Å². The molecule has 0 amide bonds. The molecule has 2 unspecified atom stereocenters. The van der Waals surface area contributed by atoms with Gasteiger partial charge in [0, 0.05) is 0 Å². The van der Waals surface area contributed by atoms with Crippen LogP contribution in [-0.4, -0.2) is 84.5 Å². The number of aromatic hydroxyl groups is 1. The van der Waals surface area contributed by atoms with Gasteiger partial charge in [-0.25, -0.2) is 9.47 Å². The lowest BCUT2D eigenvalue weighted by Gasteiger charge is -2.33. The Bertz CT molecular complexity index is 1240. The summed E-state index contributed by atoms with van der Waals surface area (Å²) >= 11 is 0. The third-order valence-corrected chi connectivity index (χ3v) is 5.95. The first-order valence-electron chi connectivity index (χ1n) is 14.1. The summed E-state index contributed by atoms with van der Waals surface area (Å²) in [6.07, 6.45) is -26.0. The number of alkyl halides is 10. The zero-order valence-corrected chi connectivity index (χ0v) is 25.2. The topological polar surface area (TPSA) is 116 Å². The van der Waals surface area contributed by atoms with Crippen molar-refractivity contribution in [1.82, 2.24) is 0 Å². The summed E-state index contributed by atoms with van der Waals surface area (Å²) in [7, 11) is 0. The minimum atomic E-state index is -6.74. The molecule has 0 spiro atoms. The first-order valence-corrected chi connectivity index (χ1v) is 14.1. The Morgan fingerprint density at radius 2 is 1.31 bits per heavy atom. The molecule has 0 fully saturated rings. The number of ether oxygens (including phenoxy) is 6. The second-order valence-corrected chi connectivity index (χ2v) is 10.3. The zero-order valence-electron chi connectivity index (χ0n) is 25.2. The number of hydrogen-bond donors (Lipinski definition) is 3. The second kappa shape index (κ2) is 17.6. The van der Waals surface area contributed by atoms with Crippen LogP contribution in [0.25, 0.3) is 0 Å². The molecule has 48 heavy (non-hydrogen) atoms. The van der Waals surface area contributed by atoms with Crippen molar-refractivity contribution < 1.29 is 87.6 Å². The van der Waals surface area contributed by atoms with E-state index in [9.17, 15) is 54.1 Å². The predicted molar refractivity (Wildman–Crippen MR) is 144 cm³/mol. The molecule has 0 aromatic heterocycles. The van der Waals surface area contributed by atoms with Crippen LogP contribution < -0.4 is 4.74 Å².